The first-order chi connectivity index (χ1) is 11.5. The van der Waals surface area contributed by atoms with Crippen LogP contribution < -0.4 is 15.8 Å². The topological polar surface area (TPSA) is 105 Å². The number of nitrogens with zero attached hydrogens (tertiary/aromatic N) is 1. The van der Waals surface area contributed by atoms with E-state index in [0.717, 1.165) is 25.9 Å². The van der Waals surface area contributed by atoms with Crippen LogP contribution in [0.15, 0.2) is 24.3 Å². The number of primary amides is 1. The van der Waals surface area contributed by atoms with Crippen LogP contribution in [0.3, 0.4) is 0 Å². The first kappa shape index (κ1) is 18.2. The van der Waals surface area contributed by atoms with E-state index in [4.69, 9.17) is 10.5 Å². The van der Waals surface area contributed by atoms with Gasteiger partial charge in [-0.05, 0) is 38.1 Å². The van der Waals surface area contributed by atoms with Gasteiger partial charge >= 0.3 is 0 Å². The number of carbonyl (C=O) groups is 2. The fourth-order valence-electron chi connectivity index (χ4n) is 2.82. The molecule has 0 aromatic heterocycles. The minimum atomic E-state index is -0.652. The van der Waals surface area contributed by atoms with Crippen molar-refractivity contribution in [3.63, 3.8) is 0 Å². The van der Waals surface area contributed by atoms with Crippen LogP contribution in [-0.2, 0) is 9.59 Å². The quantitative estimate of drug-likeness (QED) is 0.676. The van der Waals surface area contributed by atoms with Gasteiger partial charge in [-0.1, -0.05) is 12.1 Å². The van der Waals surface area contributed by atoms with Gasteiger partial charge in [0, 0.05) is 19.4 Å². The number of nitrogens with two attached hydrogens (primary N) is 1. The number of nitrogens with one attached hydrogen (secondary N) is 1. The first-order valence-electron chi connectivity index (χ1n) is 8.15. The maximum atomic E-state index is 11.2. The molecule has 1 aliphatic heterocycles. The number of piperidine rings is 1. The fourth-order valence-corrected chi connectivity index (χ4v) is 2.82. The Bertz CT molecular complexity index is 571. The molecule has 0 radical (unpaired) electrons. The molecule has 132 valence electrons. The van der Waals surface area contributed by atoms with Crippen molar-refractivity contribution < 1.29 is 19.4 Å². The largest absolute Gasteiger partial charge is 0.489 e. The molecular weight excluding hydrogens is 310 g/mol. The molecule has 0 saturated carbocycles. The molecule has 1 aromatic rings. The van der Waals surface area contributed by atoms with Gasteiger partial charge < -0.3 is 25.8 Å². The first-order valence-corrected chi connectivity index (χ1v) is 8.15. The Morgan fingerprint density at radius 3 is 2.67 bits per heavy atom. The minimum Gasteiger partial charge on any atom is -0.489 e. The van der Waals surface area contributed by atoms with Crippen LogP contribution in [0.1, 0.15) is 19.8 Å². The Labute approximate surface area is 141 Å². The normalized spacial score (nSPS) is 17.2. The molecule has 0 unspecified atom stereocenters. The third-order valence-corrected chi connectivity index (χ3v) is 4.09. The number of aliphatic hydroxyl groups excluding tert-OH is 1. The zero-order valence-electron chi connectivity index (χ0n) is 13.9. The van der Waals surface area contributed by atoms with Crippen molar-refractivity contribution in [2.45, 2.75) is 25.9 Å². The van der Waals surface area contributed by atoms with Crippen molar-refractivity contribution in [2.75, 3.05) is 31.6 Å². The summed E-state index contributed by atoms with van der Waals surface area (Å²) in [6.07, 6.45) is 0.809. The summed E-state index contributed by atoms with van der Waals surface area (Å²) in [5.41, 5.74) is 5.90. The Morgan fingerprint density at radius 1 is 1.38 bits per heavy atom. The molecule has 1 fully saturated rings. The summed E-state index contributed by atoms with van der Waals surface area (Å²) in [7, 11) is 0. The lowest BCUT2D eigenvalue weighted by atomic mass is 9.96. The second-order valence-electron chi connectivity index (χ2n) is 6.12. The third-order valence-electron chi connectivity index (χ3n) is 4.09. The van der Waals surface area contributed by atoms with E-state index in [9.17, 15) is 14.7 Å². The van der Waals surface area contributed by atoms with Crippen molar-refractivity contribution in [1.82, 2.24) is 4.90 Å². The predicted molar refractivity (Wildman–Crippen MR) is 90.6 cm³/mol. The van der Waals surface area contributed by atoms with Gasteiger partial charge in [0.1, 0.15) is 18.5 Å². The van der Waals surface area contributed by atoms with E-state index in [-0.39, 0.29) is 24.3 Å². The van der Waals surface area contributed by atoms with Crippen LogP contribution in [-0.4, -0.2) is 54.2 Å². The van der Waals surface area contributed by atoms with E-state index < -0.39 is 6.10 Å². The van der Waals surface area contributed by atoms with E-state index in [1.54, 1.807) is 18.2 Å². The second-order valence-corrected chi connectivity index (χ2v) is 6.12. The standard InChI is InChI=1S/C17H25N3O4/c1-12(21)19-15-4-2-3-5-16(15)24-11-14(22)10-20-8-6-13(7-9-20)17(18)23/h2-5,13-14,22H,6-11H2,1H3,(H2,18,23)(H,19,21)/t14-/m1/s1. The van der Waals surface area contributed by atoms with Gasteiger partial charge in [0.25, 0.3) is 0 Å². The van der Waals surface area contributed by atoms with Crippen LogP contribution in [0, 0.1) is 5.92 Å². The van der Waals surface area contributed by atoms with Crippen molar-refractivity contribution in [3.8, 4) is 5.75 Å². The Kier molecular flexibility index (Phi) is 6.57. The molecule has 2 rings (SSSR count). The van der Waals surface area contributed by atoms with E-state index in [2.05, 4.69) is 10.2 Å². The van der Waals surface area contributed by atoms with Crippen LogP contribution in [0.5, 0.6) is 5.75 Å². The highest BCUT2D eigenvalue weighted by molar-refractivity contribution is 5.90. The number of likely N-dealkylation sites (tertiary alicyclic amines) is 1. The maximum absolute atomic E-state index is 11.2. The van der Waals surface area contributed by atoms with Gasteiger partial charge in [0.05, 0.1) is 5.69 Å². The number of hydrogen-bond acceptors (Lipinski definition) is 5. The number of para-hydroxylation sites is 2. The lowest BCUT2D eigenvalue weighted by Crippen LogP contribution is -2.43. The van der Waals surface area contributed by atoms with Crippen molar-refractivity contribution in [2.24, 2.45) is 11.7 Å². The van der Waals surface area contributed by atoms with Gasteiger partial charge in [-0.25, -0.2) is 0 Å². The molecule has 0 bridgehead atoms. The van der Waals surface area contributed by atoms with E-state index in [0.29, 0.717) is 18.0 Å². The van der Waals surface area contributed by atoms with Crippen LogP contribution >= 0.6 is 0 Å². The summed E-state index contributed by atoms with van der Waals surface area (Å²) in [5.74, 6) is 0.0513. The molecule has 7 nitrogen and oxygen atoms in total. The molecule has 7 heteroatoms. The zero-order chi connectivity index (χ0) is 17.5. The summed E-state index contributed by atoms with van der Waals surface area (Å²) in [4.78, 5) is 24.4. The van der Waals surface area contributed by atoms with Crippen LogP contribution in [0.25, 0.3) is 0 Å². The van der Waals surface area contributed by atoms with Gasteiger partial charge in [-0.3, -0.25) is 9.59 Å². The van der Waals surface area contributed by atoms with Gasteiger partial charge in [0.15, 0.2) is 0 Å². The van der Waals surface area contributed by atoms with E-state index >= 15 is 0 Å². The molecule has 1 aliphatic rings. The molecular formula is C17H25N3O4. The van der Waals surface area contributed by atoms with Gasteiger partial charge in [-0.15, -0.1) is 0 Å². The Morgan fingerprint density at radius 2 is 2.04 bits per heavy atom. The van der Waals surface area contributed by atoms with Gasteiger partial charge in [0.2, 0.25) is 11.8 Å². The molecule has 2 amide bonds. The number of anilines is 1. The summed E-state index contributed by atoms with van der Waals surface area (Å²) < 4.78 is 5.64. The highest BCUT2D eigenvalue weighted by atomic mass is 16.5. The average molecular weight is 335 g/mol. The summed E-state index contributed by atoms with van der Waals surface area (Å²) in [5, 5.41) is 12.9. The summed E-state index contributed by atoms with van der Waals surface area (Å²) >= 11 is 0. The third kappa shape index (κ3) is 5.50. The Hall–Kier alpha value is -2.12. The monoisotopic (exact) mass is 335 g/mol. The molecule has 4 N–H and O–H groups in total. The van der Waals surface area contributed by atoms with Crippen molar-refractivity contribution in [3.05, 3.63) is 24.3 Å². The average Bonchev–Trinajstić information content (AvgIpc) is 2.54. The number of β-amino-alcohol motifs (C(OH)–C–C–N with tert-alkyl or cyclic N) is 1. The highest BCUT2D eigenvalue weighted by Crippen LogP contribution is 2.24. The molecule has 24 heavy (non-hydrogen) atoms. The molecule has 0 spiro atoms. The molecule has 1 atom stereocenters. The highest BCUT2D eigenvalue weighted by Gasteiger charge is 2.24. The molecule has 0 aliphatic carbocycles. The van der Waals surface area contributed by atoms with Crippen LogP contribution in [0.4, 0.5) is 5.69 Å². The van der Waals surface area contributed by atoms with E-state index in [1.165, 1.54) is 6.92 Å². The number of hydrogen-bond donors (Lipinski definition) is 3. The molecule has 1 aromatic carbocycles. The van der Waals surface area contributed by atoms with Crippen molar-refractivity contribution >= 4 is 17.5 Å². The lowest BCUT2D eigenvalue weighted by Gasteiger charge is -2.31. The zero-order valence-corrected chi connectivity index (χ0v) is 13.9. The number of amides is 2. The minimum absolute atomic E-state index is 0.0563. The molecule has 1 saturated heterocycles. The van der Waals surface area contributed by atoms with Crippen LogP contribution in [0.2, 0.25) is 0 Å². The number of aliphatic hydroxyl groups is 1. The smallest absolute Gasteiger partial charge is 0.221 e. The number of benzene rings is 1. The number of ether oxygens (including phenoxy) is 1. The Balaban J connectivity index is 1.79. The molecule has 1 heterocycles. The number of rotatable bonds is 7. The summed E-state index contributed by atoms with van der Waals surface area (Å²) in [6, 6.07) is 7.10. The SMILES string of the molecule is CC(=O)Nc1ccccc1OC[C@H](O)CN1CCC(C(N)=O)CC1. The van der Waals surface area contributed by atoms with Gasteiger partial charge in [-0.2, -0.15) is 0 Å². The maximum Gasteiger partial charge on any atom is 0.221 e. The predicted octanol–water partition coefficient (Wildman–Crippen LogP) is 0.582. The fraction of sp³-hybridized carbons (Fsp3) is 0.529. The van der Waals surface area contributed by atoms with Crippen molar-refractivity contribution in [1.29, 1.82) is 0 Å². The van der Waals surface area contributed by atoms with E-state index in [1.807, 2.05) is 6.07 Å². The lowest BCUT2D eigenvalue weighted by molar-refractivity contribution is -0.123. The number of carbonyl (C=O) groups excluding carboxylic acids is 2. The summed E-state index contributed by atoms with van der Waals surface area (Å²) in [6.45, 7) is 3.53. The second kappa shape index (κ2) is 8.65.